The fraction of sp³-hybridized carbons (Fsp3) is 0.333. The van der Waals surface area contributed by atoms with E-state index in [0.29, 0.717) is 20.0 Å². The topological polar surface area (TPSA) is 157 Å². The zero-order chi connectivity index (χ0) is 24.3. The summed E-state index contributed by atoms with van der Waals surface area (Å²) in [5.41, 5.74) is 1.24. The van der Waals surface area contributed by atoms with Crippen LogP contribution in [0.4, 0.5) is 11.4 Å². The molecule has 0 aliphatic carbocycles. The first-order valence-corrected chi connectivity index (χ1v) is 11.7. The molecule has 0 heterocycles. The molecule has 0 aromatic heterocycles. The van der Waals surface area contributed by atoms with Crippen molar-refractivity contribution in [3.05, 3.63) is 24.3 Å². The van der Waals surface area contributed by atoms with Crippen molar-refractivity contribution in [1.29, 1.82) is 0 Å². The Hall–Kier alpha value is -2.42. The van der Waals surface area contributed by atoms with E-state index in [2.05, 4.69) is 21.3 Å². The summed E-state index contributed by atoms with van der Waals surface area (Å²) in [6.07, 6.45) is 0. The van der Waals surface area contributed by atoms with Crippen molar-refractivity contribution in [2.45, 2.75) is 25.9 Å². The predicted octanol–water partition coefficient (Wildman–Crippen LogP) is 1.73. The highest BCUT2D eigenvalue weighted by molar-refractivity contribution is 8.23. The number of thioether (sulfide) groups is 2. The first kappa shape index (κ1) is 27.6. The van der Waals surface area contributed by atoms with Gasteiger partial charge in [-0.1, -0.05) is 54.0 Å². The van der Waals surface area contributed by atoms with Gasteiger partial charge in [0.1, 0.15) is 20.7 Å². The summed E-state index contributed by atoms with van der Waals surface area (Å²) in [4.78, 5) is 44.5. The maximum absolute atomic E-state index is 11.2. The molecule has 0 aliphatic heterocycles. The summed E-state index contributed by atoms with van der Waals surface area (Å²) in [5.74, 6) is -3.10. The number of hydrogen-bond acceptors (Lipinski definition) is 8. The summed E-state index contributed by atoms with van der Waals surface area (Å²) in [7, 11) is 0. The van der Waals surface area contributed by atoms with E-state index in [1.807, 2.05) is 0 Å². The van der Waals surface area contributed by atoms with Gasteiger partial charge in [0.05, 0.1) is 0 Å². The van der Waals surface area contributed by atoms with E-state index in [9.17, 15) is 19.2 Å². The number of carboxylic acids is 2. The maximum Gasteiger partial charge on any atom is 0.327 e. The molecule has 0 unspecified atom stereocenters. The summed E-state index contributed by atoms with van der Waals surface area (Å²) in [6, 6.07) is 4.81. The monoisotopic (exact) mass is 518 g/mol. The van der Waals surface area contributed by atoms with E-state index in [1.54, 1.807) is 24.3 Å². The lowest BCUT2D eigenvalue weighted by atomic mass is 10.3. The second-order valence-corrected chi connectivity index (χ2v) is 9.60. The molecule has 2 amide bonds. The van der Waals surface area contributed by atoms with E-state index in [-0.39, 0.29) is 11.5 Å². The molecule has 32 heavy (non-hydrogen) atoms. The molecule has 1 aromatic rings. The molecule has 0 aliphatic rings. The lowest BCUT2D eigenvalue weighted by Crippen LogP contribution is -2.41. The molecule has 174 valence electrons. The second-order valence-electron chi connectivity index (χ2n) is 6.21. The number of amides is 2. The number of carbonyl (C=O) groups excluding carboxylic acids is 2. The Morgan fingerprint density at radius 2 is 1.22 bits per heavy atom. The third kappa shape index (κ3) is 11.3. The number of thiocarbonyl (C=S) groups is 2. The Morgan fingerprint density at radius 1 is 0.844 bits per heavy atom. The van der Waals surface area contributed by atoms with Crippen LogP contribution in [0.15, 0.2) is 24.3 Å². The van der Waals surface area contributed by atoms with Crippen LogP contribution in [0.1, 0.15) is 13.8 Å². The fourth-order valence-corrected chi connectivity index (χ4v) is 4.25. The van der Waals surface area contributed by atoms with Crippen LogP contribution in [0.25, 0.3) is 0 Å². The number of hydrogen-bond donors (Lipinski definition) is 6. The van der Waals surface area contributed by atoms with Crippen LogP contribution in [0.3, 0.4) is 0 Å². The van der Waals surface area contributed by atoms with Crippen molar-refractivity contribution in [3.8, 4) is 0 Å². The molecule has 1 aromatic carbocycles. The average molecular weight is 519 g/mol. The number of carboxylic acid groups (broad SMARTS) is 2. The average Bonchev–Trinajstić information content (AvgIpc) is 2.67. The minimum Gasteiger partial charge on any atom is -0.480 e. The normalized spacial score (nSPS) is 12.1. The van der Waals surface area contributed by atoms with Gasteiger partial charge in [-0.05, 0) is 18.2 Å². The molecule has 0 saturated carbocycles. The molecule has 0 saturated heterocycles. The van der Waals surface area contributed by atoms with E-state index in [1.165, 1.54) is 13.8 Å². The molecule has 1 rings (SSSR count). The van der Waals surface area contributed by atoms with Gasteiger partial charge in [0.2, 0.25) is 11.8 Å². The highest BCUT2D eigenvalue weighted by Crippen LogP contribution is 2.20. The van der Waals surface area contributed by atoms with Gasteiger partial charge in [0, 0.05) is 36.7 Å². The Morgan fingerprint density at radius 3 is 1.53 bits per heavy atom. The van der Waals surface area contributed by atoms with Crippen molar-refractivity contribution >= 4 is 91.7 Å². The standard InChI is InChI=1S/C18H22N4O6S4/c1-9(23)19-13(15(25)26)7-31-17(29)21-11-4-3-5-12(6-11)22-18(30)32-8-14(16(27)28)20-10(2)24/h3-6,13-14H,7-8H2,1-2H3,(H,19,23)(H,20,24)(H,21,29)(H,22,30)(H,25,26)(H,27,28)/t13-,14-/m0/s1. The zero-order valence-corrected chi connectivity index (χ0v) is 20.3. The van der Waals surface area contributed by atoms with Crippen LogP contribution in [0, 0.1) is 0 Å². The van der Waals surface area contributed by atoms with E-state index in [0.717, 1.165) is 23.5 Å². The number of aliphatic carboxylic acids is 2. The molecule has 14 heteroatoms. The Kier molecular flexibility index (Phi) is 12.0. The largest absolute Gasteiger partial charge is 0.480 e. The highest BCUT2D eigenvalue weighted by Gasteiger charge is 2.20. The third-order valence-electron chi connectivity index (χ3n) is 3.47. The molecular formula is C18H22N4O6S4. The Labute approximate surface area is 203 Å². The summed E-state index contributed by atoms with van der Waals surface area (Å²) in [6.45, 7) is 2.47. The first-order chi connectivity index (χ1) is 15.0. The SMILES string of the molecule is CC(=O)N[C@@H](CSC(=S)Nc1cccc(NC(=S)SC[C@H](NC(C)=O)C(=O)O)c1)C(=O)O. The Bertz CT molecular complexity index is 831. The minimum absolute atomic E-state index is 0.0540. The summed E-state index contributed by atoms with van der Waals surface area (Å²) >= 11 is 12.6. The molecule has 0 bridgehead atoms. The number of rotatable bonds is 10. The molecule has 10 nitrogen and oxygen atoms in total. The molecule has 6 N–H and O–H groups in total. The minimum atomic E-state index is -1.16. The number of anilines is 2. The van der Waals surface area contributed by atoms with E-state index >= 15 is 0 Å². The van der Waals surface area contributed by atoms with Crippen molar-refractivity contribution < 1.29 is 29.4 Å². The van der Waals surface area contributed by atoms with Crippen LogP contribution in [-0.4, -0.2) is 66.2 Å². The van der Waals surface area contributed by atoms with Crippen LogP contribution >= 0.6 is 48.0 Å². The van der Waals surface area contributed by atoms with Gasteiger partial charge in [-0.25, -0.2) is 9.59 Å². The van der Waals surface area contributed by atoms with Gasteiger partial charge in [-0.3, -0.25) is 9.59 Å². The van der Waals surface area contributed by atoms with E-state index < -0.39 is 35.8 Å². The Balaban J connectivity index is 2.60. The zero-order valence-electron chi connectivity index (χ0n) is 17.0. The van der Waals surface area contributed by atoms with Gasteiger partial charge in [0.15, 0.2) is 0 Å². The van der Waals surface area contributed by atoms with Crippen molar-refractivity contribution in [2.24, 2.45) is 0 Å². The third-order valence-corrected chi connectivity index (χ3v) is 6.11. The fourth-order valence-electron chi connectivity index (χ4n) is 2.14. The summed E-state index contributed by atoms with van der Waals surface area (Å²) in [5, 5.41) is 28.9. The van der Waals surface area contributed by atoms with Crippen LogP contribution in [0.5, 0.6) is 0 Å². The van der Waals surface area contributed by atoms with Gasteiger partial charge < -0.3 is 31.5 Å². The number of nitrogens with one attached hydrogen (secondary N) is 4. The van der Waals surface area contributed by atoms with E-state index in [4.69, 9.17) is 34.6 Å². The lowest BCUT2D eigenvalue weighted by Gasteiger charge is -2.15. The van der Waals surface area contributed by atoms with Crippen molar-refractivity contribution in [1.82, 2.24) is 10.6 Å². The lowest BCUT2D eigenvalue weighted by molar-refractivity contribution is -0.141. The van der Waals surface area contributed by atoms with Crippen molar-refractivity contribution in [2.75, 3.05) is 22.1 Å². The smallest absolute Gasteiger partial charge is 0.327 e. The van der Waals surface area contributed by atoms with Gasteiger partial charge in [-0.2, -0.15) is 0 Å². The quantitative estimate of drug-likeness (QED) is 0.250. The van der Waals surface area contributed by atoms with Gasteiger partial charge in [0.25, 0.3) is 0 Å². The van der Waals surface area contributed by atoms with Gasteiger partial charge in [-0.15, -0.1) is 0 Å². The maximum atomic E-state index is 11.2. The predicted molar refractivity (Wildman–Crippen MR) is 134 cm³/mol. The van der Waals surface area contributed by atoms with Crippen LogP contribution in [0.2, 0.25) is 0 Å². The number of benzene rings is 1. The van der Waals surface area contributed by atoms with Gasteiger partial charge >= 0.3 is 11.9 Å². The van der Waals surface area contributed by atoms with Crippen molar-refractivity contribution in [3.63, 3.8) is 0 Å². The molecule has 2 atom stereocenters. The molecule has 0 radical (unpaired) electrons. The second kappa shape index (κ2) is 13.9. The molecule has 0 spiro atoms. The first-order valence-electron chi connectivity index (χ1n) is 8.95. The molecular weight excluding hydrogens is 496 g/mol. The molecule has 0 fully saturated rings. The summed E-state index contributed by atoms with van der Waals surface area (Å²) < 4.78 is 0.630. The number of carbonyl (C=O) groups is 4. The van der Waals surface area contributed by atoms with Crippen LogP contribution in [-0.2, 0) is 19.2 Å². The van der Waals surface area contributed by atoms with Crippen LogP contribution < -0.4 is 21.3 Å². The highest BCUT2D eigenvalue weighted by atomic mass is 32.2.